The molecule has 0 radical (unpaired) electrons. The number of aromatic nitrogens is 2. The van der Waals surface area contributed by atoms with Gasteiger partial charge in [0.2, 0.25) is 5.91 Å². The van der Waals surface area contributed by atoms with E-state index in [0.29, 0.717) is 6.54 Å². The molecule has 2 aromatic carbocycles. The number of benzene rings is 2. The third-order valence-electron chi connectivity index (χ3n) is 4.21. The summed E-state index contributed by atoms with van der Waals surface area (Å²) in [7, 11) is 0. The Kier molecular flexibility index (Phi) is 4.84. The number of phenolic OH excluding ortho intramolecular Hbond substituents is 1. The summed E-state index contributed by atoms with van der Waals surface area (Å²) < 4.78 is 1.90. The molecule has 0 saturated carbocycles. The quantitative estimate of drug-likeness (QED) is 0.753. The Bertz CT molecular complexity index is 868. The standard InChI is InChI=1S/C20H21N3O2/c1-14-19(15(2)23(22-14)17-6-4-3-5-7-17)13-21-20(25)12-16-8-10-18(24)11-9-16/h3-11,24H,12-13H2,1-2H3,(H,21,25). The second kappa shape index (κ2) is 7.21. The van der Waals surface area contributed by atoms with Crippen LogP contribution in [0.1, 0.15) is 22.5 Å². The lowest BCUT2D eigenvalue weighted by atomic mass is 10.1. The SMILES string of the molecule is Cc1nn(-c2ccccc2)c(C)c1CNC(=O)Cc1ccc(O)cc1. The van der Waals surface area contributed by atoms with Gasteiger partial charge in [-0.3, -0.25) is 4.79 Å². The first-order valence-corrected chi connectivity index (χ1v) is 8.19. The number of carbonyl (C=O) groups is 1. The highest BCUT2D eigenvalue weighted by Crippen LogP contribution is 2.17. The summed E-state index contributed by atoms with van der Waals surface area (Å²) in [5.41, 5.74) is 4.83. The summed E-state index contributed by atoms with van der Waals surface area (Å²) in [5.74, 6) is 0.140. The number of nitrogens with one attached hydrogen (secondary N) is 1. The molecular formula is C20H21N3O2. The topological polar surface area (TPSA) is 67.2 Å². The summed E-state index contributed by atoms with van der Waals surface area (Å²) in [4.78, 5) is 12.2. The predicted molar refractivity (Wildman–Crippen MR) is 96.7 cm³/mol. The monoisotopic (exact) mass is 335 g/mol. The number of nitrogens with zero attached hydrogens (tertiary/aromatic N) is 2. The molecule has 3 rings (SSSR count). The van der Waals surface area contributed by atoms with Crippen LogP contribution < -0.4 is 5.32 Å². The first-order chi connectivity index (χ1) is 12.0. The molecule has 0 fully saturated rings. The van der Waals surface area contributed by atoms with Gasteiger partial charge in [-0.2, -0.15) is 5.10 Å². The highest BCUT2D eigenvalue weighted by Gasteiger charge is 2.13. The van der Waals surface area contributed by atoms with Gasteiger partial charge in [-0.05, 0) is 43.7 Å². The zero-order valence-corrected chi connectivity index (χ0v) is 14.4. The van der Waals surface area contributed by atoms with Gasteiger partial charge in [-0.1, -0.05) is 30.3 Å². The number of rotatable bonds is 5. The van der Waals surface area contributed by atoms with E-state index < -0.39 is 0 Å². The molecule has 0 unspecified atom stereocenters. The van der Waals surface area contributed by atoms with Crippen molar-refractivity contribution in [3.63, 3.8) is 0 Å². The van der Waals surface area contributed by atoms with Crippen molar-refractivity contribution in [2.24, 2.45) is 0 Å². The van der Waals surface area contributed by atoms with Crippen LogP contribution in [-0.2, 0) is 17.8 Å². The van der Waals surface area contributed by atoms with Crippen LogP contribution in [0.15, 0.2) is 54.6 Å². The maximum Gasteiger partial charge on any atom is 0.224 e. The van der Waals surface area contributed by atoms with Crippen molar-refractivity contribution in [2.45, 2.75) is 26.8 Å². The van der Waals surface area contributed by atoms with Gasteiger partial charge < -0.3 is 10.4 Å². The van der Waals surface area contributed by atoms with E-state index in [0.717, 1.165) is 28.2 Å². The third-order valence-corrected chi connectivity index (χ3v) is 4.21. The zero-order chi connectivity index (χ0) is 17.8. The molecule has 0 atom stereocenters. The van der Waals surface area contributed by atoms with Gasteiger partial charge in [0.15, 0.2) is 0 Å². The van der Waals surface area contributed by atoms with Crippen LogP contribution in [0.5, 0.6) is 5.75 Å². The first kappa shape index (κ1) is 16.8. The Balaban J connectivity index is 1.68. The van der Waals surface area contributed by atoms with E-state index in [1.807, 2.05) is 48.9 Å². The predicted octanol–water partition coefficient (Wildman–Crippen LogP) is 3.05. The second-order valence-electron chi connectivity index (χ2n) is 6.02. The van der Waals surface area contributed by atoms with E-state index in [-0.39, 0.29) is 18.1 Å². The van der Waals surface area contributed by atoms with Crippen molar-refractivity contribution in [3.05, 3.63) is 77.1 Å². The molecule has 1 amide bonds. The molecule has 25 heavy (non-hydrogen) atoms. The minimum absolute atomic E-state index is 0.0584. The van der Waals surface area contributed by atoms with Gasteiger partial charge in [0.25, 0.3) is 0 Å². The molecule has 0 spiro atoms. The number of aryl methyl sites for hydroxylation is 1. The number of hydrogen-bond donors (Lipinski definition) is 2. The molecule has 1 heterocycles. The van der Waals surface area contributed by atoms with Crippen LogP contribution in [-0.4, -0.2) is 20.8 Å². The summed E-state index contributed by atoms with van der Waals surface area (Å²) >= 11 is 0. The molecule has 0 aliphatic heterocycles. The highest BCUT2D eigenvalue weighted by molar-refractivity contribution is 5.78. The molecule has 0 saturated heterocycles. The minimum Gasteiger partial charge on any atom is -0.508 e. The van der Waals surface area contributed by atoms with E-state index in [9.17, 15) is 9.90 Å². The maximum atomic E-state index is 12.2. The van der Waals surface area contributed by atoms with E-state index in [1.165, 1.54) is 0 Å². The Morgan fingerprint density at radius 2 is 1.76 bits per heavy atom. The first-order valence-electron chi connectivity index (χ1n) is 8.19. The van der Waals surface area contributed by atoms with Gasteiger partial charge in [0, 0.05) is 17.8 Å². The van der Waals surface area contributed by atoms with Crippen molar-refractivity contribution in [3.8, 4) is 11.4 Å². The lowest BCUT2D eigenvalue weighted by Crippen LogP contribution is -2.25. The van der Waals surface area contributed by atoms with Gasteiger partial charge in [-0.15, -0.1) is 0 Å². The molecule has 0 bridgehead atoms. The van der Waals surface area contributed by atoms with E-state index in [1.54, 1.807) is 24.3 Å². The molecule has 128 valence electrons. The lowest BCUT2D eigenvalue weighted by Gasteiger charge is -2.07. The number of amides is 1. The zero-order valence-electron chi connectivity index (χ0n) is 14.4. The van der Waals surface area contributed by atoms with E-state index in [4.69, 9.17) is 0 Å². The Hall–Kier alpha value is -3.08. The highest BCUT2D eigenvalue weighted by atomic mass is 16.3. The van der Waals surface area contributed by atoms with Crippen LogP contribution >= 0.6 is 0 Å². The lowest BCUT2D eigenvalue weighted by molar-refractivity contribution is -0.120. The molecule has 3 aromatic rings. The third kappa shape index (κ3) is 3.88. The normalized spacial score (nSPS) is 10.6. The van der Waals surface area contributed by atoms with Crippen LogP contribution in [0.3, 0.4) is 0 Å². The number of para-hydroxylation sites is 1. The molecule has 0 aliphatic rings. The van der Waals surface area contributed by atoms with Crippen LogP contribution in [0, 0.1) is 13.8 Å². The maximum absolute atomic E-state index is 12.2. The molecule has 0 aliphatic carbocycles. The largest absolute Gasteiger partial charge is 0.508 e. The van der Waals surface area contributed by atoms with Gasteiger partial charge in [-0.25, -0.2) is 4.68 Å². The van der Waals surface area contributed by atoms with Gasteiger partial charge >= 0.3 is 0 Å². The summed E-state index contributed by atoms with van der Waals surface area (Å²) in [6.45, 7) is 4.41. The van der Waals surface area contributed by atoms with Gasteiger partial charge in [0.1, 0.15) is 5.75 Å². The fourth-order valence-corrected chi connectivity index (χ4v) is 2.80. The molecule has 2 N–H and O–H groups in total. The van der Waals surface area contributed by atoms with E-state index in [2.05, 4.69) is 10.4 Å². The Labute approximate surface area is 146 Å². The van der Waals surface area contributed by atoms with Crippen LogP contribution in [0.4, 0.5) is 0 Å². The molecule has 1 aromatic heterocycles. The average molecular weight is 335 g/mol. The summed E-state index contributed by atoms with van der Waals surface area (Å²) in [6, 6.07) is 16.6. The minimum atomic E-state index is -0.0584. The molecular weight excluding hydrogens is 314 g/mol. The Morgan fingerprint density at radius 3 is 2.44 bits per heavy atom. The van der Waals surface area contributed by atoms with Crippen molar-refractivity contribution in [1.82, 2.24) is 15.1 Å². The second-order valence-corrected chi connectivity index (χ2v) is 6.02. The Morgan fingerprint density at radius 1 is 1.08 bits per heavy atom. The molecule has 5 heteroatoms. The average Bonchev–Trinajstić information content (AvgIpc) is 2.90. The molecule has 5 nitrogen and oxygen atoms in total. The fraction of sp³-hybridized carbons (Fsp3) is 0.200. The summed E-state index contributed by atoms with van der Waals surface area (Å²) in [6.07, 6.45) is 0.283. The van der Waals surface area contributed by atoms with Crippen LogP contribution in [0.25, 0.3) is 5.69 Å². The van der Waals surface area contributed by atoms with Crippen molar-refractivity contribution < 1.29 is 9.90 Å². The summed E-state index contributed by atoms with van der Waals surface area (Å²) in [5, 5.41) is 16.8. The van der Waals surface area contributed by atoms with E-state index >= 15 is 0 Å². The van der Waals surface area contributed by atoms with Gasteiger partial charge in [0.05, 0.1) is 17.8 Å². The number of carbonyl (C=O) groups excluding carboxylic acids is 1. The smallest absolute Gasteiger partial charge is 0.224 e. The number of hydrogen-bond acceptors (Lipinski definition) is 3. The van der Waals surface area contributed by atoms with Crippen molar-refractivity contribution >= 4 is 5.91 Å². The van der Waals surface area contributed by atoms with Crippen molar-refractivity contribution in [2.75, 3.05) is 0 Å². The number of phenols is 1. The number of aromatic hydroxyl groups is 1. The van der Waals surface area contributed by atoms with Crippen molar-refractivity contribution in [1.29, 1.82) is 0 Å². The van der Waals surface area contributed by atoms with Crippen LogP contribution in [0.2, 0.25) is 0 Å². The fourth-order valence-electron chi connectivity index (χ4n) is 2.80.